The van der Waals surface area contributed by atoms with Crippen LogP contribution in [-0.2, 0) is 11.3 Å². The molecule has 1 aliphatic rings. The van der Waals surface area contributed by atoms with Crippen molar-refractivity contribution in [3.8, 4) is 0 Å². The second-order valence-electron chi connectivity index (χ2n) is 5.31. The van der Waals surface area contributed by atoms with Crippen LogP contribution in [0.3, 0.4) is 0 Å². The van der Waals surface area contributed by atoms with Crippen molar-refractivity contribution in [2.45, 2.75) is 45.3 Å². The van der Waals surface area contributed by atoms with Gasteiger partial charge in [-0.2, -0.15) is 0 Å². The van der Waals surface area contributed by atoms with Gasteiger partial charge in [-0.3, -0.25) is 0 Å². The van der Waals surface area contributed by atoms with E-state index in [0.29, 0.717) is 12.6 Å². The first-order chi connectivity index (χ1) is 8.70. The van der Waals surface area contributed by atoms with Crippen LogP contribution in [0.15, 0.2) is 22.7 Å². The Morgan fingerprint density at radius 1 is 1.39 bits per heavy atom. The third-order valence-electron chi connectivity index (χ3n) is 3.70. The van der Waals surface area contributed by atoms with Crippen molar-refractivity contribution in [1.82, 2.24) is 0 Å². The molecule has 0 spiro atoms. The highest BCUT2D eigenvalue weighted by atomic mass is 79.9. The molecular weight excluding hydrogens is 290 g/mol. The molecule has 3 heteroatoms. The molecule has 1 aromatic carbocycles. The zero-order valence-corrected chi connectivity index (χ0v) is 12.8. The lowest BCUT2D eigenvalue weighted by atomic mass is 9.87. The van der Waals surface area contributed by atoms with Crippen LogP contribution in [0.2, 0.25) is 0 Å². The van der Waals surface area contributed by atoms with E-state index in [0.717, 1.165) is 10.4 Å². The van der Waals surface area contributed by atoms with Gasteiger partial charge in [-0.05, 0) is 30.9 Å². The van der Waals surface area contributed by atoms with E-state index in [-0.39, 0.29) is 0 Å². The molecule has 18 heavy (non-hydrogen) atoms. The molecule has 1 aromatic rings. The van der Waals surface area contributed by atoms with Gasteiger partial charge in [0, 0.05) is 28.9 Å². The van der Waals surface area contributed by atoms with Crippen molar-refractivity contribution in [1.29, 1.82) is 0 Å². The molecule has 0 bridgehead atoms. The predicted octanol–water partition coefficient (Wildman–Crippen LogP) is 4.59. The number of ether oxygens (including phenoxy) is 1. The first kappa shape index (κ1) is 13.9. The average Bonchev–Trinajstić information content (AvgIpc) is 2.34. The molecule has 100 valence electrons. The Kier molecular flexibility index (Phi) is 5.07. The van der Waals surface area contributed by atoms with Crippen molar-refractivity contribution in [2.24, 2.45) is 5.92 Å². The number of methoxy groups -OCH3 is 1. The molecule has 2 atom stereocenters. The minimum atomic E-state index is 0.610. The molecule has 1 fully saturated rings. The lowest BCUT2D eigenvalue weighted by molar-refractivity contribution is 0.184. The van der Waals surface area contributed by atoms with Crippen LogP contribution in [0.25, 0.3) is 0 Å². The van der Waals surface area contributed by atoms with Gasteiger partial charge in [0.25, 0.3) is 0 Å². The minimum Gasteiger partial charge on any atom is -0.382 e. The Balaban J connectivity index is 2.10. The van der Waals surface area contributed by atoms with Gasteiger partial charge in [-0.25, -0.2) is 0 Å². The largest absolute Gasteiger partial charge is 0.382 e. The molecule has 0 amide bonds. The molecule has 1 aliphatic carbocycles. The van der Waals surface area contributed by atoms with Crippen LogP contribution in [0.4, 0.5) is 5.69 Å². The lowest BCUT2D eigenvalue weighted by Crippen LogP contribution is -2.26. The van der Waals surface area contributed by atoms with Gasteiger partial charge in [0.1, 0.15) is 0 Å². The molecule has 0 aliphatic heterocycles. The highest BCUT2D eigenvalue weighted by Gasteiger charge is 2.19. The summed E-state index contributed by atoms with van der Waals surface area (Å²) in [5.41, 5.74) is 2.43. The first-order valence-electron chi connectivity index (χ1n) is 6.73. The number of benzene rings is 1. The molecule has 2 rings (SSSR count). The quantitative estimate of drug-likeness (QED) is 0.878. The Morgan fingerprint density at radius 3 is 2.94 bits per heavy atom. The van der Waals surface area contributed by atoms with Crippen molar-refractivity contribution in [3.05, 3.63) is 28.2 Å². The van der Waals surface area contributed by atoms with E-state index in [1.54, 1.807) is 7.11 Å². The molecule has 0 heterocycles. The maximum atomic E-state index is 5.29. The van der Waals surface area contributed by atoms with E-state index >= 15 is 0 Å². The van der Waals surface area contributed by atoms with Gasteiger partial charge >= 0.3 is 0 Å². The fourth-order valence-electron chi connectivity index (χ4n) is 2.77. The van der Waals surface area contributed by atoms with E-state index in [1.165, 1.54) is 36.9 Å². The number of anilines is 1. The van der Waals surface area contributed by atoms with Crippen LogP contribution in [-0.4, -0.2) is 13.2 Å². The number of rotatable bonds is 4. The predicted molar refractivity (Wildman–Crippen MR) is 79.9 cm³/mol. The van der Waals surface area contributed by atoms with Crippen LogP contribution < -0.4 is 5.32 Å². The smallest absolute Gasteiger partial charge is 0.0744 e. The Morgan fingerprint density at radius 2 is 2.22 bits per heavy atom. The summed E-state index contributed by atoms with van der Waals surface area (Å²) in [5.74, 6) is 0.842. The Bertz CT molecular complexity index is 394. The summed E-state index contributed by atoms with van der Waals surface area (Å²) < 4.78 is 6.41. The molecule has 0 radical (unpaired) electrons. The van der Waals surface area contributed by atoms with Gasteiger partial charge in [0.05, 0.1) is 6.61 Å². The summed E-state index contributed by atoms with van der Waals surface area (Å²) in [4.78, 5) is 0. The standard InChI is InChI=1S/C15H22BrNO/c1-11-5-3-6-12(9-11)17-15-8-4-7-14(16)13(15)10-18-2/h4,7-8,11-12,17H,3,5-6,9-10H2,1-2H3. The van der Waals surface area contributed by atoms with Gasteiger partial charge in [-0.15, -0.1) is 0 Å². The van der Waals surface area contributed by atoms with Crippen molar-refractivity contribution in [2.75, 3.05) is 12.4 Å². The minimum absolute atomic E-state index is 0.610. The van der Waals surface area contributed by atoms with Crippen molar-refractivity contribution >= 4 is 21.6 Å². The van der Waals surface area contributed by atoms with E-state index in [2.05, 4.69) is 46.4 Å². The number of hydrogen-bond donors (Lipinski definition) is 1. The monoisotopic (exact) mass is 311 g/mol. The molecular formula is C15H22BrNO. The second kappa shape index (κ2) is 6.58. The van der Waals surface area contributed by atoms with E-state index in [1.807, 2.05) is 0 Å². The normalized spacial score (nSPS) is 23.9. The SMILES string of the molecule is COCc1c(Br)cccc1NC1CCCC(C)C1. The summed E-state index contributed by atoms with van der Waals surface area (Å²) in [7, 11) is 1.74. The zero-order chi connectivity index (χ0) is 13.0. The third kappa shape index (κ3) is 3.48. The number of nitrogens with one attached hydrogen (secondary N) is 1. The van der Waals surface area contributed by atoms with Crippen LogP contribution in [0.5, 0.6) is 0 Å². The molecule has 0 saturated heterocycles. The van der Waals surface area contributed by atoms with E-state index < -0.39 is 0 Å². The van der Waals surface area contributed by atoms with Gasteiger partial charge in [0.2, 0.25) is 0 Å². The lowest BCUT2D eigenvalue weighted by Gasteiger charge is -2.29. The van der Waals surface area contributed by atoms with Crippen LogP contribution >= 0.6 is 15.9 Å². The highest BCUT2D eigenvalue weighted by molar-refractivity contribution is 9.10. The zero-order valence-electron chi connectivity index (χ0n) is 11.2. The van der Waals surface area contributed by atoms with Crippen molar-refractivity contribution in [3.63, 3.8) is 0 Å². The van der Waals surface area contributed by atoms with Crippen LogP contribution in [0, 0.1) is 5.92 Å². The van der Waals surface area contributed by atoms with E-state index in [4.69, 9.17) is 4.74 Å². The van der Waals surface area contributed by atoms with Gasteiger partial charge in [0.15, 0.2) is 0 Å². The third-order valence-corrected chi connectivity index (χ3v) is 4.45. The van der Waals surface area contributed by atoms with Gasteiger partial charge in [-0.1, -0.05) is 41.8 Å². The van der Waals surface area contributed by atoms with Gasteiger partial charge < -0.3 is 10.1 Å². The maximum Gasteiger partial charge on any atom is 0.0744 e. The average molecular weight is 312 g/mol. The number of halogens is 1. The summed E-state index contributed by atoms with van der Waals surface area (Å²) in [5, 5.41) is 3.70. The molecule has 1 saturated carbocycles. The summed E-state index contributed by atoms with van der Waals surface area (Å²) in [6.45, 7) is 3.00. The molecule has 0 aromatic heterocycles. The Hall–Kier alpha value is -0.540. The van der Waals surface area contributed by atoms with Crippen LogP contribution in [0.1, 0.15) is 38.2 Å². The van der Waals surface area contributed by atoms with E-state index in [9.17, 15) is 0 Å². The fraction of sp³-hybridized carbons (Fsp3) is 0.600. The summed E-state index contributed by atoms with van der Waals surface area (Å²) >= 11 is 3.60. The first-order valence-corrected chi connectivity index (χ1v) is 7.53. The summed E-state index contributed by atoms with van der Waals surface area (Å²) in [6, 6.07) is 6.91. The Labute approximate surface area is 118 Å². The molecule has 2 unspecified atom stereocenters. The topological polar surface area (TPSA) is 21.3 Å². The second-order valence-corrected chi connectivity index (χ2v) is 6.17. The maximum absolute atomic E-state index is 5.29. The highest BCUT2D eigenvalue weighted by Crippen LogP contribution is 2.30. The fourth-order valence-corrected chi connectivity index (χ4v) is 3.25. The van der Waals surface area contributed by atoms with Crippen molar-refractivity contribution < 1.29 is 4.74 Å². The number of hydrogen-bond acceptors (Lipinski definition) is 2. The molecule has 2 nitrogen and oxygen atoms in total. The summed E-state index contributed by atoms with van der Waals surface area (Å²) in [6.07, 6.45) is 5.27. The molecule has 1 N–H and O–H groups in total.